The summed E-state index contributed by atoms with van der Waals surface area (Å²) in [6.07, 6.45) is 1.73. The largest absolute Gasteiger partial charge is 0.490 e. The SMILES string of the molecule is CC(C)Oc1nc(Nc2ccc(OC3CCCCC3)cc2)ncc1C(F)(F)F. The predicted octanol–water partition coefficient (Wildman–Crippen LogP) is 5.74. The quantitative estimate of drug-likeness (QED) is 0.676. The summed E-state index contributed by atoms with van der Waals surface area (Å²) in [4.78, 5) is 7.67. The second-order valence-electron chi connectivity index (χ2n) is 7.10. The van der Waals surface area contributed by atoms with Crippen LogP contribution in [0.1, 0.15) is 51.5 Å². The van der Waals surface area contributed by atoms with Gasteiger partial charge in [-0.25, -0.2) is 4.98 Å². The molecule has 1 aliphatic rings. The number of rotatable bonds is 6. The molecule has 1 aromatic carbocycles. The molecule has 8 heteroatoms. The minimum atomic E-state index is -4.58. The van der Waals surface area contributed by atoms with Crippen LogP contribution in [0, 0.1) is 0 Å². The number of nitrogens with one attached hydrogen (secondary N) is 1. The summed E-state index contributed by atoms with van der Waals surface area (Å²) < 4.78 is 50.5. The summed E-state index contributed by atoms with van der Waals surface area (Å²) >= 11 is 0. The van der Waals surface area contributed by atoms with Crippen molar-refractivity contribution in [3.63, 3.8) is 0 Å². The highest BCUT2D eigenvalue weighted by Crippen LogP contribution is 2.35. The standard InChI is InChI=1S/C20H24F3N3O2/c1-13(2)27-18-17(20(21,22)23)12-24-19(26-18)25-14-8-10-16(11-9-14)28-15-6-4-3-5-7-15/h8-13,15H,3-7H2,1-2H3,(H,24,25,26). The van der Waals surface area contributed by atoms with Crippen LogP contribution in [0.2, 0.25) is 0 Å². The van der Waals surface area contributed by atoms with E-state index >= 15 is 0 Å². The van der Waals surface area contributed by atoms with Crippen LogP contribution in [0.25, 0.3) is 0 Å². The van der Waals surface area contributed by atoms with Gasteiger partial charge in [0.2, 0.25) is 11.8 Å². The van der Waals surface area contributed by atoms with E-state index in [1.54, 1.807) is 26.0 Å². The average molecular weight is 395 g/mol. The van der Waals surface area contributed by atoms with Gasteiger partial charge in [-0.2, -0.15) is 18.2 Å². The van der Waals surface area contributed by atoms with Crippen LogP contribution in [-0.2, 0) is 6.18 Å². The zero-order chi connectivity index (χ0) is 20.1. The summed E-state index contributed by atoms with van der Waals surface area (Å²) in [7, 11) is 0. The van der Waals surface area contributed by atoms with E-state index in [-0.39, 0.29) is 12.1 Å². The van der Waals surface area contributed by atoms with Crippen LogP contribution in [0.3, 0.4) is 0 Å². The number of anilines is 2. The van der Waals surface area contributed by atoms with Crippen molar-refractivity contribution in [2.45, 2.75) is 64.3 Å². The average Bonchev–Trinajstić information content (AvgIpc) is 2.63. The molecule has 0 amide bonds. The molecule has 5 nitrogen and oxygen atoms in total. The van der Waals surface area contributed by atoms with Gasteiger partial charge in [-0.1, -0.05) is 6.42 Å². The van der Waals surface area contributed by atoms with Gasteiger partial charge in [0, 0.05) is 11.9 Å². The maximum absolute atomic E-state index is 13.1. The van der Waals surface area contributed by atoms with Crippen LogP contribution in [-0.4, -0.2) is 22.2 Å². The maximum atomic E-state index is 13.1. The molecule has 3 rings (SSSR count). The lowest BCUT2D eigenvalue weighted by molar-refractivity contribution is -0.139. The molecule has 2 aromatic rings. The fraction of sp³-hybridized carbons (Fsp3) is 0.500. The topological polar surface area (TPSA) is 56.3 Å². The van der Waals surface area contributed by atoms with E-state index < -0.39 is 23.7 Å². The molecule has 152 valence electrons. The molecule has 1 N–H and O–H groups in total. The summed E-state index contributed by atoms with van der Waals surface area (Å²) in [6.45, 7) is 3.28. The van der Waals surface area contributed by atoms with Gasteiger partial charge in [-0.3, -0.25) is 0 Å². The number of hydrogen-bond donors (Lipinski definition) is 1. The van der Waals surface area contributed by atoms with E-state index in [1.807, 2.05) is 12.1 Å². The molecule has 1 heterocycles. The molecule has 0 radical (unpaired) electrons. The van der Waals surface area contributed by atoms with Gasteiger partial charge in [-0.15, -0.1) is 0 Å². The van der Waals surface area contributed by atoms with Crippen LogP contribution in [0.4, 0.5) is 24.8 Å². The second-order valence-corrected chi connectivity index (χ2v) is 7.10. The van der Waals surface area contributed by atoms with E-state index in [0.29, 0.717) is 5.69 Å². The lowest BCUT2D eigenvalue weighted by atomic mass is 9.98. The zero-order valence-corrected chi connectivity index (χ0v) is 15.9. The fourth-order valence-corrected chi connectivity index (χ4v) is 3.06. The highest BCUT2D eigenvalue weighted by atomic mass is 19.4. The maximum Gasteiger partial charge on any atom is 0.423 e. The van der Waals surface area contributed by atoms with Crippen molar-refractivity contribution in [1.82, 2.24) is 9.97 Å². The minimum absolute atomic E-state index is 0.0320. The monoisotopic (exact) mass is 395 g/mol. The molecule has 28 heavy (non-hydrogen) atoms. The summed E-state index contributed by atoms with van der Waals surface area (Å²) in [5.41, 5.74) is -0.353. The Morgan fingerprint density at radius 3 is 2.36 bits per heavy atom. The molecular formula is C20H24F3N3O2. The molecule has 0 saturated heterocycles. The summed E-state index contributed by atoms with van der Waals surface area (Å²) in [5, 5.41) is 2.90. The van der Waals surface area contributed by atoms with Crippen LogP contribution in [0.15, 0.2) is 30.5 Å². The fourth-order valence-electron chi connectivity index (χ4n) is 3.06. The summed E-state index contributed by atoms with van der Waals surface area (Å²) in [6, 6.07) is 7.21. The van der Waals surface area contributed by atoms with Gasteiger partial charge < -0.3 is 14.8 Å². The number of hydrogen-bond acceptors (Lipinski definition) is 5. The van der Waals surface area contributed by atoms with Crippen molar-refractivity contribution in [3.8, 4) is 11.6 Å². The molecule has 0 aliphatic heterocycles. The van der Waals surface area contributed by atoms with E-state index in [1.165, 1.54) is 19.3 Å². The molecule has 1 fully saturated rings. The normalized spacial score (nSPS) is 15.5. The highest BCUT2D eigenvalue weighted by Gasteiger charge is 2.36. The van der Waals surface area contributed by atoms with E-state index in [4.69, 9.17) is 9.47 Å². The van der Waals surface area contributed by atoms with Crippen LogP contribution in [0.5, 0.6) is 11.6 Å². The number of benzene rings is 1. The predicted molar refractivity (Wildman–Crippen MR) is 100 cm³/mol. The Balaban J connectivity index is 1.70. The summed E-state index contributed by atoms with van der Waals surface area (Å²) in [5.74, 6) is 0.316. The molecule has 0 spiro atoms. The van der Waals surface area contributed by atoms with Crippen molar-refractivity contribution >= 4 is 11.6 Å². The molecule has 0 bridgehead atoms. The number of alkyl halides is 3. The van der Waals surface area contributed by atoms with Gasteiger partial charge >= 0.3 is 6.18 Å². The van der Waals surface area contributed by atoms with Gasteiger partial charge in [0.15, 0.2) is 0 Å². The van der Waals surface area contributed by atoms with Crippen molar-refractivity contribution in [2.75, 3.05) is 5.32 Å². The second kappa shape index (κ2) is 8.67. The highest BCUT2D eigenvalue weighted by molar-refractivity contribution is 5.55. The number of aromatic nitrogens is 2. The Hall–Kier alpha value is -2.51. The Kier molecular flexibility index (Phi) is 6.26. The third kappa shape index (κ3) is 5.50. The third-order valence-corrected chi connectivity index (χ3v) is 4.37. The number of nitrogens with zero attached hydrogens (tertiary/aromatic N) is 2. The van der Waals surface area contributed by atoms with Crippen LogP contribution >= 0.6 is 0 Å². The molecule has 1 saturated carbocycles. The Morgan fingerprint density at radius 1 is 1.07 bits per heavy atom. The van der Waals surface area contributed by atoms with Gasteiger partial charge in [0.1, 0.15) is 11.3 Å². The van der Waals surface area contributed by atoms with E-state index in [2.05, 4.69) is 15.3 Å². The molecule has 1 aliphatic carbocycles. The number of ether oxygens (including phenoxy) is 2. The first-order valence-electron chi connectivity index (χ1n) is 9.46. The Bertz CT molecular complexity index is 773. The number of halogens is 3. The zero-order valence-electron chi connectivity index (χ0n) is 15.9. The molecule has 0 unspecified atom stereocenters. The van der Waals surface area contributed by atoms with Crippen LogP contribution < -0.4 is 14.8 Å². The smallest absolute Gasteiger partial charge is 0.423 e. The van der Waals surface area contributed by atoms with Gasteiger partial charge in [-0.05, 0) is 63.8 Å². The Labute approximate surface area is 162 Å². The first-order valence-corrected chi connectivity index (χ1v) is 9.46. The Morgan fingerprint density at radius 2 is 1.75 bits per heavy atom. The van der Waals surface area contributed by atoms with Gasteiger partial charge in [0.05, 0.1) is 12.2 Å². The molecular weight excluding hydrogens is 371 g/mol. The third-order valence-electron chi connectivity index (χ3n) is 4.37. The van der Waals surface area contributed by atoms with E-state index in [9.17, 15) is 13.2 Å². The van der Waals surface area contributed by atoms with Crippen molar-refractivity contribution in [2.24, 2.45) is 0 Å². The lowest BCUT2D eigenvalue weighted by Gasteiger charge is -2.23. The van der Waals surface area contributed by atoms with Crippen molar-refractivity contribution in [1.29, 1.82) is 0 Å². The van der Waals surface area contributed by atoms with Crippen molar-refractivity contribution < 1.29 is 22.6 Å². The first-order chi connectivity index (χ1) is 13.3. The first kappa shape index (κ1) is 20.2. The van der Waals surface area contributed by atoms with Crippen molar-refractivity contribution in [3.05, 3.63) is 36.0 Å². The minimum Gasteiger partial charge on any atom is -0.490 e. The van der Waals surface area contributed by atoms with E-state index in [0.717, 1.165) is 24.8 Å². The molecule has 0 atom stereocenters. The van der Waals surface area contributed by atoms with Gasteiger partial charge in [0.25, 0.3) is 0 Å². The molecule has 1 aromatic heterocycles. The lowest BCUT2D eigenvalue weighted by Crippen LogP contribution is -2.19.